The van der Waals surface area contributed by atoms with E-state index in [-0.39, 0.29) is 11.1 Å². The summed E-state index contributed by atoms with van der Waals surface area (Å²) in [6.45, 7) is 2.73. The summed E-state index contributed by atoms with van der Waals surface area (Å²) in [4.78, 5) is 35.7. The number of amides is 2. The van der Waals surface area contributed by atoms with Crippen LogP contribution >= 0.6 is 11.6 Å². The van der Waals surface area contributed by atoms with E-state index in [1.54, 1.807) is 19.9 Å². The topological polar surface area (TPSA) is 107 Å². The predicted molar refractivity (Wildman–Crippen MR) is 92.1 cm³/mol. The molecule has 1 aromatic carbocycles. The number of ether oxygens (including phenoxy) is 2. The number of methoxy groups -OCH3 is 1. The Morgan fingerprint density at radius 1 is 1.12 bits per heavy atom. The lowest BCUT2D eigenvalue weighted by Crippen LogP contribution is -2.43. The van der Waals surface area contributed by atoms with Gasteiger partial charge in [0.1, 0.15) is 22.8 Å². The normalized spacial score (nSPS) is 10.2. The zero-order valence-electron chi connectivity index (χ0n) is 14.3. The third-order valence-electron chi connectivity index (χ3n) is 3.32. The van der Waals surface area contributed by atoms with Crippen LogP contribution in [0.4, 0.5) is 0 Å². The Morgan fingerprint density at radius 2 is 1.85 bits per heavy atom. The molecule has 0 saturated carbocycles. The standard InChI is InChI=1S/C17H17ClN2O6/c1-9-6-12(10(2)26-9)17(23)25-8-15(21)19-20-16(22)13-7-11(18)4-5-14(13)24-3/h4-7H,8H2,1-3H3,(H,19,21)(H,20,22). The first-order valence-electron chi connectivity index (χ1n) is 7.48. The molecule has 0 fully saturated rings. The van der Waals surface area contributed by atoms with Gasteiger partial charge < -0.3 is 13.9 Å². The zero-order chi connectivity index (χ0) is 19.3. The Labute approximate surface area is 154 Å². The molecule has 138 valence electrons. The number of halogens is 1. The van der Waals surface area contributed by atoms with Gasteiger partial charge in [0, 0.05) is 5.02 Å². The number of rotatable bonds is 5. The largest absolute Gasteiger partial charge is 0.496 e. The monoisotopic (exact) mass is 380 g/mol. The van der Waals surface area contributed by atoms with Gasteiger partial charge in [-0.3, -0.25) is 20.4 Å². The molecular formula is C17H17ClN2O6. The van der Waals surface area contributed by atoms with Gasteiger partial charge in [0.25, 0.3) is 11.8 Å². The van der Waals surface area contributed by atoms with E-state index < -0.39 is 24.4 Å². The van der Waals surface area contributed by atoms with Gasteiger partial charge in [-0.25, -0.2) is 4.79 Å². The van der Waals surface area contributed by atoms with Crippen LogP contribution in [0.25, 0.3) is 0 Å². The second kappa shape index (κ2) is 8.39. The quantitative estimate of drug-likeness (QED) is 0.608. The first-order chi connectivity index (χ1) is 12.3. The average Bonchev–Trinajstić information content (AvgIpc) is 2.95. The van der Waals surface area contributed by atoms with Gasteiger partial charge in [0.05, 0.1) is 12.7 Å². The van der Waals surface area contributed by atoms with Crippen molar-refractivity contribution in [1.82, 2.24) is 10.9 Å². The van der Waals surface area contributed by atoms with Crippen molar-refractivity contribution in [3.63, 3.8) is 0 Å². The van der Waals surface area contributed by atoms with Crippen molar-refractivity contribution < 1.29 is 28.3 Å². The first kappa shape index (κ1) is 19.3. The number of nitrogens with one attached hydrogen (secondary N) is 2. The SMILES string of the molecule is COc1ccc(Cl)cc1C(=O)NNC(=O)COC(=O)c1cc(C)oc1C. The van der Waals surface area contributed by atoms with E-state index in [9.17, 15) is 14.4 Å². The molecule has 2 amide bonds. The fraction of sp³-hybridized carbons (Fsp3) is 0.235. The molecule has 26 heavy (non-hydrogen) atoms. The Balaban J connectivity index is 1.87. The fourth-order valence-corrected chi connectivity index (χ4v) is 2.30. The highest BCUT2D eigenvalue weighted by Crippen LogP contribution is 2.22. The molecule has 8 nitrogen and oxygen atoms in total. The van der Waals surface area contributed by atoms with Crippen LogP contribution in [0.3, 0.4) is 0 Å². The lowest BCUT2D eigenvalue weighted by Gasteiger charge is -2.11. The van der Waals surface area contributed by atoms with E-state index in [2.05, 4.69) is 10.9 Å². The molecule has 0 aliphatic carbocycles. The fourth-order valence-electron chi connectivity index (χ4n) is 2.13. The van der Waals surface area contributed by atoms with Crippen LogP contribution in [-0.2, 0) is 9.53 Å². The lowest BCUT2D eigenvalue weighted by atomic mass is 10.2. The van der Waals surface area contributed by atoms with E-state index >= 15 is 0 Å². The average molecular weight is 381 g/mol. The van der Waals surface area contributed by atoms with Crippen molar-refractivity contribution in [3.05, 3.63) is 51.9 Å². The van der Waals surface area contributed by atoms with Crippen molar-refractivity contribution in [2.24, 2.45) is 0 Å². The molecule has 2 N–H and O–H groups in total. The number of hydrazine groups is 1. The first-order valence-corrected chi connectivity index (χ1v) is 7.86. The summed E-state index contributed by atoms with van der Waals surface area (Å²) in [6, 6.07) is 6.00. The molecule has 0 saturated heterocycles. The molecule has 0 atom stereocenters. The summed E-state index contributed by atoms with van der Waals surface area (Å²) >= 11 is 5.85. The van der Waals surface area contributed by atoms with Gasteiger partial charge >= 0.3 is 5.97 Å². The van der Waals surface area contributed by atoms with Crippen molar-refractivity contribution in [1.29, 1.82) is 0 Å². The minimum atomic E-state index is -0.717. The molecule has 1 heterocycles. The number of carbonyl (C=O) groups excluding carboxylic acids is 3. The molecule has 0 spiro atoms. The molecular weight excluding hydrogens is 364 g/mol. The number of benzene rings is 1. The third kappa shape index (κ3) is 4.76. The van der Waals surface area contributed by atoms with Crippen LogP contribution in [0.1, 0.15) is 32.2 Å². The van der Waals surface area contributed by atoms with Crippen molar-refractivity contribution in [2.45, 2.75) is 13.8 Å². The smallest absolute Gasteiger partial charge is 0.342 e. The highest BCUT2D eigenvalue weighted by molar-refractivity contribution is 6.31. The van der Waals surface area contributed by atoms with Gasteiger partial charge in [-0.2, -0.15) is 0 Å². The molecule has 0 bridgehead atoms. The van der Waals surface area contributed by atoms with E-state index in [4.69, 9.17) is 25.5 Å². The van der Waals surface area contributed by atoms with Gasteiger partial charge in [-0.15, -0.1) is 0 Å². The van der Waals surface area contributed by atoms with Crippen LogP contribution in [-0.4, -0.2) is 31.5 Å². The summed E-state index contributed by atoms with van der Waals surface area (Å²) in [5, 5.41) is 0.335. The number of aryl methyl sites for hydroxylation is 2. The molecule has 2 aromatic rings. The Kier molecular flexibility index (Phi) is 6.24. The Bertz CT molecular complexity index is 846. The Morgan fingerprint density at radius 3 is 2.46 bits per heavy atom. The molecule has 0 aliphatic rings. The zero-order valence-corrected chi connectivity index (χ0v) is 15.1. The summed E-state index contributed by atoms with van der Waals surface area (Å²) < 4.78 is 15.2. The highest BCUT2D eigenvalue weighted by atomic mass is 35.5. The molecule has 0 aliphatic heterocycles. The Hall–Kier alpha value is -3.00. The number of esters is 1. The molecule has 0 unspecified atom stereocenters. The van der Waals surface area contributed by atoms with E-state index in [1.165, 1.54) is 25.3 Å². The maximum atomic E-state index is 12.1. The predicted octanol–water partition coefficient (Wildman–Crippen LogP) is 2.18. The maximum Gasteiger partial charge on any atom is 0.342 e. The minimum Gasteiger partial charge on any atom is -0.496 e. The van der Waals surface area contributed by atoms with Crippen LogP contribution in [0.15, 0.2) is 28.7 Å². The van der Waals surface area contributed by atoms with E-state index in [0.29, 0.717) is 22.3 Å². The number of hydrogen-bond donors (Lipinski definition) is 2. The van der Waals surface area contributed by atoms with Gasteiger partial charge in [0.15, 0.2) is 6.61 Å². The molecule has 2 rings (SSSR count). The van der Waals surface area contributed by atoms with Gasteiger partial charge in [-0.05, 0) is 38.1 Å². The number of carbonyl (C=O) groups is 3. The van der Waals surface area contributed by atoms with Gasteiger partial charge in [0.2, 0.25) is 0 Å². The lowest BCUT2D eigenvalue weighted by molar-refractivity contribution is -0.125. The highest BCUT2D eigenvalue weighted by Gasteiger charge is 2.17. The van der Waals surface area contributed by atoms with Crippen molar-refractivity contribution in [3.8, 4) is 5.75 Å². The summed E-state index contributed by atoms with van der Waals surface area (Å²) in [7, 11) is 1.40. The van der Waals surface area contributed by atoms with Crippen molar-refractivity contribution >= 4 is 29.4 Å². The molecule has 9 heteroatoms. The van der Waals surface area contributed by atoms with Crippen LogP contribution in [0, 0.1) is 13.8 Å². The van der Waals surface area contributed by atoms with E-state index in [0.717, 1.165) is 0 Å². The van der Waals surface area contributed by atoms with Crippen LogP contribution in [0.2, 0.25) is 5.02 Å². The summed E-state index contributed by atoms with van der Waals surface area (Å²) in [5.74, 6) is -0.803. The second-order valence-corrected chi connectivity index (χ2v) is 5.69. The van der Waals surface area contributed by atoms with Crippen LogP contribution < -0.4 is 15.6 Å². The van der Waals surface area contributed by atoms with Gasteiger partial charge in [-0.1, -0.05) is 11.6 Å². The minimum absolute atomic E-state index is 0.141. The number of hydrogen-bond acceptors (Lipinski definition) is 6. The third-order valence-corrected chi connectivity index (χ3v) is 3.55. The molecule has 0 radical (unpaired) electrons. The van der Waals surface area contributed by atoms with E-state index in [1.807, 2.05) is 0 Å². The summed E-state index contributed by atoms with van der Waals surface area (Å²) in [5.41, 5.74) is 4.71. The number of furan rings is 1. The molecule has 1 aromatic heterocycles. The van der Waals surface area contributed by atoms with Crippen LogP contribution in [0.5, 0.6) is 5.75 Å². The summed E-state index contributed by atoms with van der Waals surface area (Å²) in [6.07, 6.45) is 0. The second-order valence-electron chi connectivity index (χ2n) is 5.25. The maximum absolute atomic E-state index is 12.1. The van der Waals surface area contributed by atoms with Crippen molar-refractivity contribution in [2.75, 3.05) is 13.7 Å².